The van der Waals surface area contributed by atoms with E-state index in [-0.39, 0.29) is 23.5 Å². The maximum Gasteiger partial charge on any atom is 0.258 e. The smallest absolute Gasteiger partial charge is 0.258 e. The molecule has 26 heavy (non-hydrogen) atoms. The summed E-state index contributed by atoms with van der Waals surface area (Å²) in [6, 6.07) is 4.52. The SMILES string of the molecule is COC[C@@H](C)NC(=O)COc1ccc(S(=O)(=O)N2CCOCC2)cc1C. The summed E-state index contributed by atoms with van der Waals surface area (Å²) in [5.74, 6) is 0.208. The molecule has 0 radical (unpaired) electrons. The fourth-order valence-corrected chi connectivity index (χ4v) is 4.13. The first kappa shape index (κ1) is 20.6. The second-order valence-electron chi connectivity index (χ2n) is 6.16. The van der Waals surface area contributed by atoms with E-state index >= 15 is 0 Å². The summed E-state index contributed by atoms with van der Waals surface area (Å²) in [6.07, 6.45) is 0. The van der Waals surface area contributed by atoms with Gasteiger partial charge in [0, 0.05) is 26.2 Å². The first-order valence-corrected chi connectivity index (χ1v) is 9.88. The van der Waals surface area contributed by atoms with Crippen molar-refractivity contribution in [1.29, 1.82) is 0 Å². The molecule has 2 rings (SSSR count). The number of amides is 1. The second-order valence-corrected chi connectivity index (χ2v) is 8.09. The molecule has 1 aromatic carbocycles. The molecule has 1 amide bonds. The van der Waals surface area contributed by atoms with E-state index in [9.17, 15) is 13.2 Å². The van der Waals surface area contributed by atoms with Crippen LogP contribution in [0.25, 0.3) is 0 Å². The Morgan fingerprint density at radius 3 is 2.65 bits per heavy atom. The number of carbonyl (C=O) groups is 1. The van der Waals surface area contributed by atoms with Crippen molar-refractivity contribution in [2.75, 3.05) is 46.6 Å². The van der Waals surface area contributed by atoms with Gasteiger partial charge >= 0.3 is 0 Å². The van der Waals surface area contributed by atoms with Crippen LogP contribution in [0, 0.1) is 6.92 Å². The van der Waals surface area contributed by atoms with Crippen LogP contribution >= 0.6 is 0 Å². The summed E-state index contributed by atoms with van der Waals surface area (Å²) in [5, 5.41) is 2.75. The van der Waals surface area contributed by atoms with Gasteiger partial charge in [-0.2, -0.15) is 4.31 Å². The van der Waals surface area contributed by atoms with Gasteiger partial charge < -0.3 is 19.5 Å². The molecule has 1 fully saturated rings. The predicted molar refractivity (Wildman–Crippen MR) is 95.7 cm³/mol. The third kappa shape index (κ3) is 5.41. The Hall–Kier alpha value is -1.68. The second kappa shape index (κ2) is 9.31. The van der Waals surface area contributed by atoms with Gasteiger partial charge in [0.1, 0.15) is 5.75 Å². The highest BCUT2D eigenvalue weighted by Gasteiger charge is 2.26. The highest BCUT2D eigenvalue weighted by molar-refractivity contribution is 7.89. The average molecular weight is 386 g/mol. The monoisotopic (exact) mass is 386 g/mol. The number of nitrogens with one attached hydrogen (secondary N) is 1. The van der Waals surface area contributed by atoms with E-state index in [1.54, 1.807) is 26.2 Å². The Bertz CT molecular complexity index is 716. The quantitative estimate of drug-likeness (QED) is 0.701. The van der Waals surface area contributed by atoms with Crippen LogP contribution in [0.4, 0.5) is 0 Å². The Morgan fingerprint density at radius 2 is 2.04 bits per heavy atom. The summed E-state index contributed by atoms with van der Waals surface area (Å²) in [4.78, 5) is 12.1. The molecular weight excluding hydrogens is 360 g/mol. The van der Waals surface area contributed by atoms with Crippen molar-refractivity contribution in [3.63, 3.8) is 0 Å². The van der Waals surface area contributed by atoms with Crippen molar-refractivity contribution in [3.05, 3.63) is 23.8 Å². The third-order valence-corrected chi connectivity index (χ3v) is 5.83. The van der Waals surface area contributed by atoms with Crippen molar-refractivity contribution in [3.8, 4) is 5.75 Å². The molecule has 1 heterocycles. The first-order valence-electron chi connectivity index (χ1n) is 8.44. The Kier molecular flexibility index (Phi) is 7.39. The lowest BCUT2D eigenvalue weighted by atomic mass is 10.2. The van der Waals surface area contributed by atoms with Crippen LogP contribution in [0.15, 0.2) is 23.1 Å². The predicted octanol–water partition coefficient (Wildman–Crippen LogP) is 0.546. The normalized spacial score (nSPS) is 16.9. The number of rotatable bonds is 8. The third-order valence-electron chi connectivity index (χ3n) is 3.94. The fraction of sp³-hybridized carbons (Fsp3) is 0.588. The molecule has 0 bridgehead atoms. The number of carbonyl (C=O) groups excluding carboxylic acids is 1. The summed E-state index contributed by atoms with van der Waals surface area (Å²) in [5.41, 5.74) is 0.650. The summed E-state index contributed by atoms with van der Waals surface area (Å²) >= 11 is 0. The van der Waals surface area contributed by atoms with Crippen LogP contribution < -0.4 is 10.1 Å². The summed E-state index contributed by atoms with van der Waals surface area (Å²) < 4.78 is 42.4. The lowest BCUT2D eigenvalue weighted by Crippen LogP contribution is -2.40. The number of aryl methyl sites for hydroxylation is 1. The molecule has 1 N–H and O–H groups in total. The Balaban J connectivity index is 1.99. The van der Waals surface area contributed by atoms with E-state index in [0.29, 0.717) is 44.2 Å². The molecule has 1 saturated heterocycles. The van der Waals surface area contributed by atoms with Crippen molar-refractivity contribution >= 4 is 15.9 Å². The molecule has 0 aromatic heterocycles. The standard InChI is InChI=1S/C17H26N2O6S/c1-13-10-15(26(21,22)19-6-8-24-9-7-19)4-5-16(13)25-12-17(20)18-14(2)11-23-3/h4-5,10,14H,6-9,11-12H2,1-3H3,(H,18,20)/t14-/m1/s1. The largest absolute Gasteiger partial charge is 0.484 e. The van der Waals surface area contributed by atoms with Crippen LogP contribution in [-0.4, -0.2) is 71.3 Å². The number of sulfonamides is 1. The minimum atomic E-state index is -3.55. The van der Waals surface area contributed by atoms with E-state index in [1.807, 2.05) is 6.92 Å². The fourth-order valence-electron chi connectivity index (χ4n) is 2.63. The van der Waals surface area contributed by atoms with Crippen LogP contribution in [0.5, 0.6) is 5.75 Å². The van der Waals surface area contributed by atoms with Gasteiger partial charge in [0.15, 0.2) is 6.61 Å². The zero-order chi connectivity index (χ0) is 19.2. The Morgan fingerprint density at radius 1 is 1.35 bits per heavy atom. The zero-order valence-corrected chi connectivity index (χ0v) is 16.2. The number of nitrogens with zero attached hydrogens (tertiary/aromatic N) is 1. The Labute approximate surface area is 154 Å². The molecule has 146 valence electrons. The number of hydrogen-bond acceptors (Lipinski definition) is 6. The number of hydrogen-bond donors (Lipinski definition) is 1. The van der Waals surface area contributed by atoms with Crippen molar-refractivity contribution in [2.24, 2.45) is 0 Å². The van der Waals surface area contributed by atoms with Gasteiger partial charge in [0.05, 0.1) is 24.7 Å². The van der Waals surface area contributed by atoms with E-state index in [2.05, 4.69) is 5.32 Å². The van der Waals surface area contributed by atoms with Gasteiger partial charge in [-0.05, 0) is 37.6 Å². The number of methoxy groups -OCH3 is 1. The molecule has 1 aromatic rings. The van der Waals surface area contributed by atoms with E-state index < -0.39 is 10.0 Å². The van der Waals surface area contributed by atoms with Crippen LogP contribution in [0.2, 0.25) is 0 Å². The van der Waals surface area contributed by atoms with Crippen molar-refractivity contribution < 1.29 is 27.4 Å². The number of ether oxygens (including phenoxy) is 3. The highest BCUT2D eigenvalue weighted by Crippen LogP contribution is 2.24. The van der Waals surface area contributed by atoms with Gasteiger partial charge in [-0.1, -0.05) is 0 Å². The van der Waals surface area contributed by atoms with E-state index in [4.69, 9.17) is 14.2 Å². The maximum absolute atomic E-state index is 12.7. The lowest BCUT2D eigenvalue weighted by Gasteiger charge is -2.26. The van der Waals surface area contributed by atoms with E-state index in [0.717, 1.165) is 0 Å². The van der Waals surface area contributed by atoms with Crippen molar-refractivity contribution in [1.82, 2.24) is 9.62 Å². The van der Waals surface area contributed by atoms with Crippen molar-refractivity contribution in [2.45, 2.75) is 24.8 Å². The molecule has 0 aliphatic carbocycles. The zero-order valence-electron chi connectivity index (χ0n) is 15.4. The molecule has 0 spiro atoms. The number of morpholine rings is 1. The minimum Gasteiger partial charge on any atom is -0.484 e. The van der Waals surface area contributed by atoms with Crippen LogP contribution in [0.1, 0.15) is 12.5 Å². The molecule has 1 aliphatic heterocycles. The molecular formula is C17H26N2O6S. The molecule has 1 aliphatic rings. The van der Waals surface area contributed by atoms with Gasteiger partial charge in [-0.3, -0.25) is 4.79 Å². The van der Waals surface area contributed by atoms with Crippen LogP contribution in [0.3, 0.4) is 0 Å². The minimum absolute atomic E-state index is 0.113. The molecule has 8 nitrogen and oxygen atoms in total. The van der Waals surface area contributed by atoms with Gasteiger partial charge in [-0.25, -0.2) is 8.42 Å². The number of benzene rings is 1. The first-order chi connectivity index (χ1) is 12.3. The topological polar surface area (TPSA) is 94.2 Å². The lowest BCUT2D eigenvalue weighted by molar-refractivity contribution is -0.124. The maximum atomic E-state index is 12.7. The molecule has 0 saturated carbocycles. The highest BCUT2D eigenvalue weighted by atomic mass is 32.2. The van der Waals surface area contributed by atoms with Gasteiger partial charge in [0.25, 0.3) is 5.91 Å². The van der Waals surface area contributed by atoms with E-state index in [1.165, 1.54) is 10.4 Å². The summed E-state index contributed by atoms with van der Waals surface area (Å²) in [7, 11) is -1.99. The molecule has 9 heteroatoms. The molecule has 0 unspecified atom stereocenters. The van der Waals surface area contributed by atoms with Gasteiger partial charge in [-0.15, -0.1) is 0 Å². The van der Waals surface area contributed by atoms with Crippen LogP contribution in [-0.2, 0) is 24.3 Å². The summed E-state index contributed by atoms with van der Waals surface area (Å²) in [6.45, 7) is 5.34. The molecule has 1 atom stereocenters. The average Bonchev–Trinajstić information content (AvgIpc) is 2.61. The van der Waals surface area contributed by atoms with Gasteiger partial charge in [0.2, 0.25) is 10.0 Å².